The third kappa shape index (κ3) is 8.22. The van der Waals surface area contributed by atoms with Crippen LogP contribution in [0.25, 0.3) is 0 Å². The number of benzene rings is 2. The summed E-state index contributed by atoms with van der Waals surface area (Å²) in [6.07, 6.45) is 1.19. The monoisotopic (exact) mass is 442 g/mol. The Hall–Kier alpha value is -3.68. The van der Waals surface area contributed by atoms with Crippen LogP contribution in [0.4, 0.5) is 0 Å². The second kappa shape index (κ2) is 12.9. The number of hydrogen-bond acceptors (Lipinski definition) is 8. The van der Waals surface area contributed by atoms with Crippen molar-refractivity contribution in [3.63, 3.8) is 0 Å². The van der Waals surface area contributed by atoms with E-state index in [9.17, 15) is 19.2 Å². The zero-order valence-electron chi connectivity index (χ0n) is 18.1. The molecule has 8 nitrogen and oxygen atoms in total. The lowest BCUT2D eigenvalue weighted by molar-refractivity contribution is -0.136. The smallest absolute Gasteiger partial charge is 0.338 e. The van der Waals surface area contributed by atoms with Crippen LogP contribution in [-0.2, 0) is 19.1 Å². The minimum Gasteiger partial charge on any atom is -0.462 e. The number of carbonyl (C=O) groups excluding carboxylic acids is 4. The van der Waals surface area contributed by atoms with Gasteiger partial charge >= 0.3 is 23.9 Å². The van der Waals surface area contributed by atoms with Crippen molar-refractivity contribution in [1.29, 1.82) is 0 Å². The Bertz CT molecular complexity index is 839. The molecular formula is C24H26O8. The van der Waals surface area contributed by atoms with E-state index in [1.807, 2.05) is 0 Å². The van der Waals surface area contributed by atoms with Gasteiger partial charge in [0.15, 0.2) is 0 Å². The Morgan fingerprint density at radius 1 is 0.594 bits per heavy atom. The van der Waals surface area contributed by atoms with Gasteiger partial charge in [-0.05, 0) is 75.2 Å². The highest BCUT2D eigenvalue weighted by atomic mass is 16.5. The molecule has 0 saturated heterocycles. The number of carbonyl (C=O) groups is 4. The van der Waals surface area contributed by atoms with Gasteiger partial charge in [0.1, 0.15) is 11.5 Å². The molecule has 0 fully saturated rings. The van der Waals surface area contributed by atoms with E-state index < -0.39 is 23.9 Å². The van der Waals surface area contributed by atoms with Crippen LogP contribution in [0.5, 0.6) is 11.5 Å². The maximum atomic E-state index is 11.9. The first-order chi connectivity index (χ1) is 15.4. The number of hydrogen-bond donors (Lipinski definition) is 0. The maximum absolute atomic E-state index is 11.9. The molecule has 0 aliphatic rings. The zero-order valence-corrected chi connectivity index (χ0v) is 18.1. The molecule has 32 heavy (non-hydrogen) atoms. The van der Waals surface area contributed by atoms with Crippen molar-refractivity contribution in [2.45, 2.75) is 39.5 Å². The van der Waals surface area contributed by atoms with Crippen LogP contribution in [0.1, 0.15) is 60.2 Å². The van der Waals surface area contributed by atoms with Gasteiger partial charge in [-0.2, -0.15) is 0 Å². The third-order valence-corrected chi connectivity index (χ3v) is 4.21. The fourth-order valence-electron chi connectivity index (χ4n) is 2.65. The molecule has 0 aromatic heterocycles. The van der Waals surface area contributed by atoms with Crippen LogP contribution in [0, 0.1) is 0 Å². The number of unbranched alkanes of at least 4 members (excludes halogenated alkanes) is 1. The summed E-state index contributed by atoms with van der Waals surface area (Å²) in [7, 11) is 0. The van der Waals surface area contributed by atoms with Gasteiger partial charge in [-0.3, -0.25) is 9.59 Å². The molecule has 0 heterocycles. The van der Waals surface area contributed by atoms with Crippen LogP contribution in [0.3, 0.4) is 0 Å². The summed E-state index contributed by atoms with van der Waals surface area (Å²) in [5, 5.41) is 0. The van der Waals surface area contributed by atoms with Crippen molar-refractivity contribution >= 4 is 23.9 Å². The number of ether oxygens (including phenoxy) is 4. The van der Waals surface area contributed by atoms with Gasteiger partial charge in [-0.25, -0.2) is 9.59 Å². The standard InChI is InChI=1S/C24H26O8/c1-3-29-23(27)17-9-13-19(14-10-17)31-21(25)7-5-6-8-22(26)32-20-15-11-18(12-16-20)24(28)30-4-2/h9-16H,3-8H2,1-2H3. The molecule has 8 heteroatoms. The van der Waals surface area contributed by atoms with Crippen molar-refractivity contribution in [3.8, 4) is 11.5 Å². The molecule has 0 aliphatic carbocycles. The predicted octanol–water partition coefficient (Wildman–Crippen LogP) is 4.11. The molecule has 0 spiro atoms. The summed E-state index contributed by atoms with van der Waals surface area (Å²) < 4.78 is 20.2. The summed E-state index contributed by atoms with van der Waals surface area (Å²) in [5.74, 6) is -1.09. The lowest BCUT2D eigenvalue weighted by Gasteiger charge is -2.07. The first kappa shape index (κ1) is 24.6. The fraction of sp³-hybridized carbons (Fsp3) is 0.333. The molecule has 0 aliphatic heterocycles. The molecular weight excluding hydrogens is 416 g/mol. The summed E-state index contributed by atoms with van der Waals surface area (Å²) in [6.45, 7) is 4.01. The predicted molar refractivity (Wildman–Crippen MR) is 115 cm³/mol. The van der Waals surface area contributed by atoms with Gasteiger partial charge in [0, 0.05) is 12.8 Å². The Labute approximate surface area is 186 Å². The average molecular weight is 442 g/mol. The fourth-order valence-corrected chi connectivity index (χ4v) is 2.65. The Balaban J connectivity index is 1.67. The number of esters is 4. The molecule has 170 valence electrons. The van der Waals surface area contributed by atoms with Crippen LogP contribution in [0.15, 0.2) is 48.5 Å². The SMILES string of the molecule is CCOC(=O)c1ccc(OC(=O)CCCCC(=O)Oc2ccc(C(=O)OCC)cc2)cc1. The van der Waals surface area contributed by atoms with Gasteiger partial charge < -0.3 is 18.9 Å². The van der Waals surface area contributed by atoms with E-state index in [-0.39, 0.29) is 26.1 Å². The van der Waals surface area contributed by atoms with E-state index in [1.54, 1.807) is 13.8 Å². The maximum Gasteiger partial charge on any atom is 0.338 e. The van der Waals surface area contributed by atoms with Crippen LogP contribution in [0.2, 0.25) is 0 Å². The largest absolute Gasteiger partial charge is 0.462 e. The zero-order chi connectivity index (χ0) is 23.3. The minimum atomic E-state index is -0.438. The second-order valence-corrected chi connectivity index (χ2v) is 6.64. The Morgan fingerprint density at radius 3 is 1.25 bits per heavy atom. The molecule has 0 atom stereocenters. The van der Waals surface area contributed by atoms with E-state index in [0.29, 0.717) is 35.5 Å². The molecule has 0 unspecified atom stereocenters. The Kier molecular flexibility index (Phi) is 9.90. The highest BCUT2D eigenvalue weighted by molar-refractivity contribution is 5.90. The van der Waals surface area contributed by atoms with Gasteiger partial charge in [0.05, 0.1) is 24.3 Å². The third-order valence-electron chi connectivity index (χ3n) is 4.21. The summed E-state index contributed by atoms with van der Waals surface area (Å²) >= 11 is 0. The lowest BCUT2D eigenvalue weighted by atomic mass is 10.2. The van der Waals surface area contributed by atoms with Crippen molar-refractivity contribution in [2.24, 2.45) is 0 Å². The van der Waals surface area contributed by atoms with Gasteiger partial charge in [0.2, 0.25) is 0 Å². The molecule has 2 aromatic rings. The highest BCUT2D eigenvalue weighted by Gasteiger charge is 2.11. The van der Waals surface area contributed by atoms with E-state index in [1.165, 1.54) is 48.5 Å². The summed E-state index contributed by atoms with van der Waals surface area (Å²) in [5.41, 5.74) is 0.751. The van der Waals surface area contributed by atoms with Crippen LogP contribution in [-0.4, -0.2) is 37.1 Å². The van der Waals surface area contributed by atoms with Crippen molar-refractivity contribution in [1.82, 2.24) is 0 Å². The number of rotatable bonds is 11. The lowest BCUT2D eigenvalue weighted by Crippen LogP contribution is -2.10. The molecule has 0 saturated carbocycles. The average Bonchev–Trinajstić information content (AvgIpc) is 2.78. The first-order valence-corrected chi connectivity index (χ1v) is 10.4. The first-order valence-electron chi connectivity index (χ1n) is 10.4. The Morgan fingerprint density at radius 2 is 0.938 bits per heavy atom. The summed E-state index contributed by atoms with van der Waals surface area (Å²) in [6, 6.07) is 12.2. The van der Waals surface area contributed by atoms with E-state index >= 15 is 0 Å². The normalized spacial score (nSPS) is 10.2. The molecule has 2 rings (SSSR count). The molecule has 0 N–H and O–H groups in total. The van der Waals surface area contributed by atoms with E-state index in [0.717, 1.165) is 0 Å². The van der Waals surface area contributed by atoms with Gasteiger partial charge in [0.25, 0.3) is 0 Å². The van der Waals surface area contributed by atoms with Crippen molar-refractivity contribution < 1.29 is 38.1 Å². The van der Waals surface area contributed by atoms with Crippen LogP contribution >= 0.6 is 0 Å². The van der Waals surface area contributed by atoms with Crippen LogP contribution < -0.4 is 9.47 Å². The van der Waals surface area contributed by atoms with E-state index in [2.05, 4.69) is 0 Å². The van der Waals surface area contributed by atoms with Gasteiger partial charge in [-0.1, -0.05) is 0 Å². The molecule has 2 aromatic carbocycles. The van der Waals surface area contributed by atoms with E-state index in [4.69, 9.17) is 18.9 Å². The topological polar surface area (TPSA) is 105 Å². The quantitative estimate of drug-likeness (QED) is 0.291. The minimum absolute atomic E-state index is 0.140. The highest BCUT2D eigenvalue weighted by Crippen LogP contribution is 2.16. The molecule has 0 amide bonds. The van der Waals surface area contributed by atoms with Gasteiger partial charge in [-0.15, -0.1) is 0 Å². The molecule has 0 radical (unpaired) electrons. The van der Waals surface area contributed by atoms with Crippen molar-refractivity contribution in [2.75, 3.05) is 13.2 Å². The molecule has 0 bridgehead atoms. The second-order valence-electron chi connectivity index (χ2n) is 6.64. The van der Waals surface area contributed by atoms with Crippen molar-refractivity contribution in [3.05, 3.63) is 59.7 Å². The summed E-state index contributed by atoms with van der Waals surface area (Å²) in [4.78, 5) is 47.1.